The first-order chi connectivity index (χ1) is 24.4. The lowest BCUT2D eigenvalue weighted by Crippen LogP contribution is -2.59. The minimum atomic E-state index is -3.66. The van der Waals surface area contributed by atoms with Crippen LogP contribution in [-0.2, 0) is 58.6 Å². The van der Waals surface area contributed by atoms with E-state index in [1.54, 1.807) is 63.5 Å². The summed E-state index contributed by atoms with van der Waals surface area (Å²) in [7, 11) is -1.87. The fourth-order valence-corrected chi connectivity index (χ4v) is 5.71. The van der Waals surface area contributed by atoms with Gasteiger partial charge < -0.3 is 40.8 Å². The fourth-order valence-electron chi connectivity index (χ4n) is 5.23. The normalized spacial score (nSPS) is 13.9. The molecule has 17 heteroatoms. The summed E-state index contributed by atoms with van der Waals surface area (Å²) in [5, 5.41) is 30.2. The van der Waals surface area contributed by atoms with Crippen LogP contribution in [0.5, 0.6) is 0 Å². The van der Waals surface area contributed by atoms with E-state index in [4.69, 9.17) is 4.74 Å². The minimum absolute atomic E-state index is 0.123. The molecule has 16 nitrogen and oxygen atoms in total. The van der Waals surface area contributed by atoms with E-state index >= 15 is 0 Å². The van der Waals surface area contributed by atoms with Crippen molar-refractivity contribution >= 4 is 56.5 Å². The molecule has 0 saturated carbocycles. The van der Waals surface area contributed by atoms with E-state index in [-0.39, 0.29) is 13.0 Å². The summed E-state index contributed by atoms with van der Waals surface area (Å²) >= 11 is 0. The number of amides is 4. The van der Waals surface area contributed by atoms with Crippen LogP contribution < -0.4 is 21.3 Å². The number of rotatable bonds is 18. The molecule has 0 aliphatic carbocycles. The van der Waals surface area contributed by atoms with Crippen molar-refractivity contribution in [3.05, 3.63) is 83.4 Å². The van der Waals surface area contributed by atoms with Gasteiger partial charge in [-0.25, -0.2) is 13.2 Å². The maximum atomic E-state index is 14.0. The summed E-state index contributed by atoms with van der Waals surface area (Å²) < 4.78 is 30.3. The molecule has 52 heavy (non-hydrogen) atoms. The zero-order chi connectivity index (χ0) is 38.6. The molecule has 0 fully saturated rings. The fraction of sp³-hybridized carbons (Fsp3) is 0.371. The van der Waals surface area contributed by atoms with E-state index in [1.807, 2.05) is 22.8 Å². The highest BCUT2D eigenvalue weighted by Gasteiger charge is 2.33. The second kappa shape index (κ2) is 18.5. The smallest absolute Gasteiger partial charge is 0.408 e. The number of fused-ring (bicyclic) bond motifs is 1. The molecule has 1 heterocycles. The van der Waals surface area contributed by atoms with Crippen LogP contribution in [0.2, 0.25) is 0 Å². The number of aryl methyl sites for hydroxylation is 1. The molecule has 0 aliphatic heterocycles. The number of sulfone groups is 1. The largest absolute Gasteiger partial charge is 0.481 e. The number of hydrogen-bond donors (Lipinski definition) is 6. The molecule has 1 aromatic heterocycles. The molecule has 2 aromatic carbocycles. The first-order valence-corrected chi connectivity index (χ1v) is 18.1. The van der Waals surface area contributed by atoms with E-state index in [0.29, 0.717) is 11.1 Å². The second-order valence-corrected chi connectivity index (χ2v) is 14.4. The topological polar surface area (TPSA) is 239 Å². The van der Waals surface area contributed by atoms with Gasteiger partial charge in [-0.05, 0) is 23.1 Å². The van der Waals surface area contributed by atoms with E-state index in [2.05, 4.69) is 21.3 Å². The number of ether oxygens (including phenoxy) is 1. The Hall–Kier alpha value is -5.71. The van der Waals surface area contributed by atoms with E-state index < -0.39 is 88.5 Å². The van der Waals surface area contributed by atoms with E-state index in [9.17, 15) is 47.4 Å². The lowest BCUT2D eigenvalue weighted by molar-refractivity contribution is -0.140. The van der Waals surface area contributed by atoms with Crippen LogP contribution >= 0.6 is 0 Å². The highest BCUT2D eigenvalue weighted by atomic mass is 32.2. The number of aliphatic carboxylic acids is 2. The monoisotopic (exact) mass is 741 g/mol. The summed E-state index contributed by atoms with van der Waals surface area (Å²) in [4.78, 5) is 76.7. The van der Waals surface area contributed by atoms with Gasteiger partial charge in [0.1, 0.15) is 24.7 Å². The predicted molar refractivity (Wildman–Crippen MR) is 189 cm³/mol. The summed E-state index contributed by atoms with van der Waals surface area (Å²) in [6.07, 6.45) is 0.974. The van der Waals surface area contributed by atoms with Gasteiger partial charge in [-0.3, -0.25) is 24.0 Å². The number of hydrogen-bond acceptors (Lipinski definition) is 9. The number of nitrogens with zero attached hydrogens (tertiary/aromatic N) is 1. The highest BCUT2D eigenvalue weighted by molar-refractivity contribution is 7.93. The Morgan fingerprint density at radius 3 is 2.04 bits per heavy atom. The molecule has 280 valence electrons. The van der Waals surface area contributed by atoms with Crippen molar-refractivity contribution in [2.45, 2.75) is 63.9 Å². The highest BCUT2D eigenvalue weighted by Crippen LogP contribution is 2.22. The van der Waals surface area contributed by atoms with Crippen molar-refractivity contribution in [1.29, 1.82) is 0 Å². The van der Waals surface area contributed by atoms with Crippen molar-refractivity contribution in [3.8, 4) is 0 Å². The van der Waals surface area contributed by atoms with Crippen LogP contribution in [0, 0.1) is 5.92 Å². The van der Waals surface area contributed by atoms with Gasteiger partial charge in [-0.1, -0.05) is 68.5 Å². The first kappa shape index (κ1) is 40.7. The number of alkyl carbamates (subject to hydrolysis) is 1. The zero-order valence-corrected chi connectivity index (χ0v) is 29.9. The Labute approximate surface area is 300 Å². The van der Waals surface area contributed by atoms with Crippen LogP contribution in [0.1, 0.15) is 37.8 Å². The predicted octanol–water partition coefficient (Wildman–Crippen LogP) is 1.63. The van der Waals surface area contributed by atoms with Crippen LogP contribution in [0.25, 0.3) is 10.9 Å². The lowest BCUT2D eigenvalue weighted by Gasteiger charge is -2.27. The third-order valence-electron chi connectivity index (χ3n) is 7.76. The van der Waals surface area contributed by atoms with Crippen molar-refractivity contribution in [3.63, 3.8) is 0 Å². The number of para-hydroxylation sites is 1. The van der Waals surface area contributed by atoms with Crippen LogP contribution in [0.4, 0.5) is 4.79 Å². The average molecular weight is 742 g/mol. The number of aromatic nitrogens is 1. The van der Waals surface area contributed by atoms with Crippen LogP contribution in [0.3, 0.4) is 0 Å². The van der Waals surface area contributed by atoms with E-state index in [1.165, 1.54) is 0 Å². The Kier molecular flexibility index (Phi) is 14.5. The van der Waals surface area contributed by atoms with Crippen molar-refractivity contribution in [2.24, 2.45) is 13.0 Å². The third-order valence-corrected chi connectivity index (χ3v) is 8.42. The van der Waals surface area contributed by atoms with Crippen LogP contribution in [-0.4, -0.2) is 89.4 Å². The van der Waals surface area contributed by atoms with E-state index in [0.717, 1.165) is 28.6 Å². The molecule has 6 N–H and O–H groups in total. The SMILES string of the molecule is CC(C)[C@@H](NC(=O)[C@H](Cc1cn(C)c2ccccc12)NC(=O)[C@H](CC(=O)O)NC(=O)OCc1ccccc1)C(=O)N[C@H](/C=C/S(C)(=O)=O)CC(=O)O. The molecular weight excluding hydrogens is 698 g/mol. The van der Waals surface area contributed by atoms with Gasteiger partial charge in [-0.2, -0.15) is 0 Å². The Bertz CT molecular complexity index is 1910. The summed E-state index contributed by atoms with van der Waals surface area (Å²) in [6, 6.07) is 10.3. The number of nitrogens with one attached hydrogen (secondary N) is 4. The number of carbonyl (C=O) groups excluding carboxylic acids is 4. The van der Waals surface area contributed by atoms with Crippen molar-refractivity contribution in [1.82, 2.24) is 25.8 Å². The minimum Gasteiger partial charge on any atom is -0.481 e. The molecule has 4 amide bonds. The lowest BCUT2D eigenvalue weighted by atomic mass is 10.00. The van der Waals surface area contributed by atoms with Gasteiger partial charge in [0.2, 0.25) is 17.7 Å². The first-order valence-electron chi connectivity index (χ1n) is 16.2. The van der Waals surface area contributed by atoms with Crippen molar-refractivity contribution < 1.29 is 52.1 Å². The van der Waals surface area contributed by atoms with Gasteiger partial charge in [0.15, 0.2) is 9.84 Å². The quantitative estimate of drug-likeness (QED) is 0.110. The van der Waals surface area contributed by atoms with Gasteiger partial charge in [0, 0.05) is 42.2 Å². The third kappa shape index (κ3) is 12.9. The molecule has 4 atom stereocenters. The van der Waals surface area contributed by atoms with Gasteiger partial charge in [0.25, 0.3) is 0 Å². The molecule has 3 aromatic rings. The summed E-state index contributed by atoms with van der Waals surface area (Å²) in [6.45, 7) is 3.06. The average Bonchev–Trinajstić information content (AvgIpc) is 3.38. The maximum Gasteiger partial charge on any atom is 0.408 e. The van der Waals surface area contributed by atoms with Crippen LogP contribution in [0.15, 0.2) is 72.3 Å². The van der Waals surface area contributed by atoms with Crippen molar-refractivity contribution in [2.75, 3.05) is 6.26 Å². The molecular formula is C35H43N5O11S. The molecule has 3 rings (SSSR count). The number of carboxylic acids is 2. The summed E-state index contributed by atoms with van der Waals surface area (Å²) in [5.41, 5.74) is 2.09. The summed E-state index contributed by atoms with van der Waals surface area (Å²) in [5.74, 6) is -6.01. The molecule has 0 spiro atoms. The van der Waals surface area contributed by atoms with Gasteiger partial charge >= 0.3 is 18.0 Å². The Balaban J connectivity index is 1.89. The zero-order valence-electron chi connectivity index (χ0n) is 29.1. The molecule has 0 unspecified atom stereocenters. The molecule has 0 saturated heterocycles. The van der Waals surface area contributed by atoms with Gasteiger partial charge in [0.05, 0.1) is 18.9 Å². The molecule has 0 bridgehead atoms. The molecule has 0 aliphatic rings. The maximum absolute atomic E-state index is 14.0. The van der Waals surface area contributed by atoms with Gasteiger partial charge in [-0.15, -0.1) is 0 Å². The standard InChI is InChI=1S/C35H43N5O11S/c1-21(2)31(34(47)36-24(17-29(41)42)14-15-52(4,49)50)39-33(46)26(16-23-19-40(3)28-13-9-8-12-25(23)28)37-32(45)27(18-30(43)44)38-35(48)51-20-22-10-6-5-7-11-22/h5-15,19,21,24,26-27,31H,16-18,20H2,1-4H3,(H,36,47)(H,37,45)(H,38,48)(H,39,46)(H,41,42)(H,43,44)/b15-14+/t24-,26+,27+,31-/m1/s1. The Morgan fingerprint density at radius 2 is 1.42 bits per heavy atom. The Morgan fingerprint density at radius 1 is 0.808 bits per heavy atom. The second-order valence-electron chi connectivity index (χ2n) is 12.5. The number of carboxylic acid groups (broad SMARTS) is 2. The molecule has 0 radical (unpaired) electrons. The number of carbonyl (C=O) groups is 6. The number of benzene rings is 2.